The van der Waals surface area contributed by atoms with Gasteiger partial charge in [0.1, 0.15) is 5.65 Å². The molecule has 4 nitrogen and oxygen atoms in total. The lowest BCUT2D eigenvalue weighted by molar-refractivity contribution is 0.543. The number of nitrogens with zero attached hydrogens (tertiary/aromatic N) is 2. The number of aryl methyl sites for hydroxylation is 1. The van der Waals surface area contributed by atoms with Gasteiger partial charge >= 0.3 is 10.2 Å². The summed E-state index contributed by atoms with van der Waals surface area (Å²) >= 11 is 0. The van der Waals surface area contributed by atoms with E-state index in [0.717, 1.165) is 5.56 Å². The van der Waals surface area contributed by atoms with Gasteiger partial charge in [-0.25, -0.2) is 4.98 Å². The van der Waals surface area contributed by atoms with Gasteiger partial charge in [0.25, 0.3) is 0 Å². The molecule has 92 valence electrons. The number of hydrogen-bond acceptors (Lipinski definition) is 3. The third-order valence-corrected chi connectivity index (χ3v) is 3.47. The third-order valence-electron chi connectivity index (χ3n) is 2.60. The van der Waals surface area contributed by atoms with Crippen LogP contribution in [0.5, 0.6) is 0 Å². The summed E-state index contributed by atoms with van der Waals surface area (Å²) in [6.07, 6.45) is 1.51. The van der Waals surface area contributed by atoms with Crippen LogP contribution in [0.1, 0.15) is 31.0 Å². The van der Waals surface area contributed by atoms with Crippen molar-refractivity contribution in [2.45, 2.75) is 31.7 Å². The highest BCUT2D eigenvalue weighted by atomic mass is 32.3. The van der Waals surface area contributed by atoms with E-state index in [-0.39, 0.29) is 16.6 Å². The Balaban J connectivity index is 2.96. The van der Waals surface area contributed by atoms with Gasteiger partial charge < -0.3 is 0 Å². The molecule has 0 saturated carbocycles. The van der Waals surface area contributed by atoms with Crippen molar-refractivity contribution in [1.29, 1.82) is 0 Å². The minimum atomic E-state index is -4.78. The maximum absolute atomic E-state index is 13.3. The summed E-state index contributed by atoms with van der Waals surface area (Å²) in [7, 11) is -4.78. The van der Waals surface area contributed by atoms with Crippen LogP contribution in [0.2, 0.25) is 0 Å². The summed E-state index contributed by atoms with van der Waals surface area (Å²) in [6, 6.07) is 3.48. The van der Waals surface area contributed by atoms with Crippen molar-refractivity contribution >= 4 is 15.9 Å². The first-order chi connectivity index (χ1) is 7.82. The number of rotatable bonds is 2. The monoisotopic (exact) mass is 256 g/mol. The van der Waals surface area contributed by atoms with Crippen LogP contribution < -0.4 is 0 Å². The first-order valence-electron chi connectivity index (χ1n) is 5.24. The topological polar surface area (TPSA) is 51.4 Å². The van der Waals surface area contributed by atoms with Gasteiger partial charge in [-0.1, -0.05) is 23.8 Å². The molecule has 0 bridgehead atoms. The largest absolute Gasteiger partial charge is 0.350 e. The Bertz CT molecular complexity index is 674. The number of imidazole rings is 1. The Morgan fingerprint density at radius 3 is 2.59 bits per heavy atom. The normalized spacial score (nSPS) is 12.5. The van der Waals surface area contributed by atoms with Gasteiger partial charge in [0.2, 0.25) is 0 Å². The van der Waals surface area contributed by atoms with Crippen molar-refractivity contribution in [3.63, 3.8) is 0 Å². The summed E-state index contributed by atoms with van der Waals surface area (Å²) < 4.78 is 37.1. The molecule has 6 heteroatoms. The summed E-state index contributed by atoms with van der Waals surface area (Å²) in [6.45, 7) is 5.37. The van der Waals surface area contributed by atoms with E-state index in [4.69, 9.17) is 0 Å². The molecule has 0 spiro atoms. The molecule has 0 aliphatic carbocycles. The fraction of sp³-hybridized carbons (Fsp3) is 0.364. The molecule has 0 amide bonds. The Morgan fingerprint density at radius 2 is 2.06 bits per heavy atom. The molecular weight excluding hydrogens is 243 g/mol. The van der Waals surface area contributed by atoms with Gasteiger partial charge in [-0.15, -0.1) is 0 Å². The van der Waals surface area contributed by atoms with E-state index < -0.39 is 10.2 Å². The summed E-state index contributed by atoms with van der Waals surface area (Å²) in [5.74, 6) is -0.158. The first kappa shape index (κ1) is 12.0. The van der Waals surface area contributed by atoms with Crippen molar-refractivity contribution in [2.75, 3.05) is 0 Å². The quantitative estimate of drug-likeness (QED) is 0.775. The molecule has 0 aliphatic heterocycles. The van der Waals surface area contributed by atoms with Crippen LogP contribution in [0.3, 0.4) is 0 Å². The van der Waals surface area contributed by atoms with Crippen LogP contribution in [0.4, 0.5) is 3.89 Å². The van der Waals surface area contributed by atoms with Crippen molar-refractivity contribution in [3.8, 4) is 0 Å². The molecular formula is C11H13FN2O2S. The van der Waals surface area contributed by atoms with E-state index in [1.807, 2.05) is 0 Å². The molecule has 17 heavy (non-hydrogen) atoms. The SMILES string of the molecule is Cc1cccn2c(S(=O)(=O)F)c(C(C)C)nc12. The van der Waals surface area contributed by atoms with Crippen LogP contribution in [0.15, 0.2) is 23.4 Å². The number of hydrogen-bond donors (Lipinski definition) is 0. The van der Waals surface area contributed by atoms with Crippen LogP contribution in [-0.2, 0) is 10.2 Å². The third kappa shape index (κ3) is 1.93. The van der Waals surface area contributed by atoms with E-state index in [1.165, 1.54) is 10.6 Å². The van der Waals surface area contributed by atoms with Crippen molar-refractivity contribution < 1.29 is 12.3 Å². The molecule has 0 atom stereocenters. The number of aromatic nitrogens is 2. The van der Waals surface area contributed by atoms with Gasteiger partial charge in [0.05, 0.1) is 5.69 Å². The standard InChI is InChI=1S/C11H13FN2O2S/c1-7(2)9-11(17(12,15)16)14-6-4-5-8(3)10(14)13-9/h4-7H,1-3H3. The van der Waals surface area contributed by atoms with Crippen LogP contribution in [-0.4, -0.2) is 17.8 Å². The zero-order valence-corrected chi connectivity index (χ0v) is 10.6. The van der Waals surface area contributed by atoms with Gasteiger partial charge in [-0.3, -0.25) is 4.40 Å². The second kappa shape index (κ2) is 3.80. The van der Waals surface area contributed by atoms with E-state index in [2.05, 4.69) is 4.98 Å². The van der Waals surface area contributed by atoms with Crippen LogP contribution in [0, 0.1) is 6.92 Å². The van der Waals surface area contributed by atoms with E-state index >= 15 is 0 Å². The Labute approximate surface area is 99.3 Å². The van der Waals surface area contributed by atoms with Gasteiger partial charge in [-0.05, 0) is 24.5 Å². The molecule has 0 radical (unpaired) electrons. The zero-order chi connectivity index (χ0) is 12.8. The molecule has 0 unspecified atom stereocenters. The number of halogens is 1. The lowest BCUT2D eigenvalue weighted by atomic mass is 10.2. The number of fused-ring (bicyclic) bond motifs is 1. The fourth-order valence-corrected chi connectivity index (χ4v) is 2.73. The van der Waals surface area contributed by atoms with E-state index in [1.54, 1.807) is 32.9 Å². The predicted molar refractivity (Wildman–Crippen MR) is 62.3 cm³/mol. The maximum atomic E-state index is 13.3. The summed E-state index contributed by atoms with van der Waals surface area (Å²) in [5, 5.41) is -0.355. The first-order valence-corrected chi connectivity index (χ1v) is 6.63. The summed E-state index contributed by atoms with van der Waals surface area (Å²) in [5.41, 5.74) is 1.55. The summed E-state index contributed by atoms with van der Waals surface area (Å²) in [4.78, 5) is 4.22. The average molecular weight is 256 g/mol. The molecule has 0 aromatic carbocycles. The Morgan fingerprint density at radius 1 is 1.41 bits per heavy atom. The van der Waals surface area contributed by atoms with E-state index in [9.17, 15) is 12.3 Å². The van der Waals surface area contributed by atoms with Crippen molar-refractivity contribution in [3.05, 3.63) is 29.6 Å². The van der Waals surface area contributed by atoms with Crippen molar-refractivity contribution in [2.24, 2.45) is 0 Å². The zero-order valence-electron chi connectivity index (χ0n) is 9.81. The molecule has 0 N–H and O–H groups in total. The molecule has 0 saturated heterocycles. The maximum Gasteiger partial charge on any atom is 0.350 e. The minimum absolute atomic E-state index is 0.158. The van der Waals surface area contributed by atoms with Crippen LogP contribution >= 0.6 is 0 Å². The predicted octanol–water partition coefficient (Wildman–Crippen LogP) is 2.42. The van der Waals surface area contributed by atoms with Crippen molar-refractivity contribution in [1.82, 2.24) is 9.38 Å². The molecule has 2 rings (SSSR count). The highest BCUT2D eigenvalue weighted by Gasteiger charge is 2.26. The Hall–Kier alpha value is -1.43. The van der Waals surface area contributed by atoms with Gasteiger partial charge in [-0.2, -0.15) is 8.42 Å². The molecule has 2 heterocycles. The smallest absolute Gasteiger partial charge is 0.288 e. The van der Waals surface area contributed by atoms with Gasteiger partial charge in [0.15, 0.2) is 5.03 Å². The molecule has 2 aromatic heterocycles. The number of pyridine rings is 1. The second-order valence-corrected chi connectivity index (χ2v) is 5.54. The molecule has 0 aliphatic rings. The fourth-order valence-electron chi connectivity index (χ4n) is 1.82. The lowest BCUT2D eigenvalue weighted by Gasteiger charge is -2.02. The van der Waals surface area contributed by atoms with Gasteiger partial charge in [0, 0.05) is 6.20 Å². The molecule has 0 fully saturated rings. The molecule has 2 aromatic rings. The van der Waals surface area contributed by atoms with Crippen LogP contribution in [0.25, 0.3) is 5.65 Å². The highest BCUT2D eigenvalue weighted by Crippen LogP contribution is 2.27. The van der Waals surface area contributed by atoms with E-state index in [0.29, 0.717) is 5.65 Å². The second-order valence-electron chi connectivity index (χ2n) is 4.28. The average Bonchev–Trinajstić information content (AvgIpc) is 2.57. The lowest BCUT2D eigenvalue weighted by Crippen LogP contribution is -2.03. The highest BCUT2D eigenvalue weighted by molar-refractivity contribution is 7.86. The Kier molecular flexibility index (Phi) is 2.69. The minimum Gasteiger partial charge on any atom is -0.288 e.